The van der Waals surface area contributed by atoms with E-state index in [9.17, 15) is 0 Å². The molecule has 6 aromatic rings. The van der Waals surface area contributed by atoms with E-state index >= 15 is 0 Å². The minimum absolute atomic E-state index is 0.708. The number of hydrogen-bond acceptors (Lipinski definition) is 5. The molecular weight excluding hydrogens is 388 g/mol. The van der Waals surface area contributed by atoms with Gasteiger partial charge in [0.1, 0.15) is 5.01 Å². The highest BCUT2D eigenvalue weighted by molar-refractivity contribution is 7.21. The van der Waals surface area contributed by atoms with E-state index in [0.717, 1.165) is 43.1 Å². The number of aromatic nitrogens is 4. The van der Waals surface area contributed by atoms with Gasteiger partial charge in [0.25, 0.3) is 0 Å². The molecule has 4 nitrogen and oxygen atoms in total. The van der Waals surface area contributed by atoms with Gasteiger partial charge in [-0.05, 0) is 48.0 Å². The van der Waals surface area contributed by atoms with Crippen LogP contribution >= 0.6 is 11.3 Å². The molecule has 3 aromatic carbocycles. The van der Waals surface area contributed by atoms with Gasteiger partial charge >= 0.3 is 0 Å². The van der Waals surface area contributed by atoms with Crippen molar-refractivity contribution >= 4 is 43.2 Å². The van der Waals surface area contributed by atoms with Crippen molar-refractivity contribution in [3.05, 3.63) is 84.7 Å². The van der Waals surface area contributed by atoms with Crippen LogP contribution in [0.15, 0.2) is 79.0 Å². The minimum atomic E-state index is 0.708. The van der Waals surface area contributed by atoms with Crippen molar-refractivity contribution in [2.75, 3.05) is 0 Å². The van der Waals surface area contributed by atoms with Gasteiger partial charge in [0.2, 0.25) is 0 Å². The smallest absolute Gasteiger partial charge is 0.160 e. The molecule has 0 aliphatic carbocycles. The van der Waals surface area contributed by atoms with Gasteiger partial charge in [-0.3, -0.25) is 4.98 Å². The first-order valence-corrected chi connectivity index (χ1v) is 10.6. The monoisotopic (exact) mass is 404 g/mol. The standard InChI is InChI=1S/C25H16N4S/c1-15-23-18-7-3-2-6-16(18)10-11-20(23)28-24(27-15)17-12-13-26-21(14-17)25-29-19-8-4-5-9-22(19)30-25/h2-14H,1H3. The van der Waals surface area contributed by atoms with Crippen molar-refractivity contribution in [3.8, 4) is 22.1 Å². The first-order valence-electron chi connectivity index (χ1n) is 9.75. The van der Waals surface area contributed by atoms with Crippen LogP contribution in [0.2, 0.25) is 0 Å². The Labute approximate surface area is 176 Å². The maximum Gasteiger partial charge on any atom is 0.160 e. The van der Waals surface area contributed by atoms with E-state index in [2.05, 4.69) is 54.4 Å². The maximum atomic E-state index is 4.88. The molecule has 0 bridgehead atoms. The summed E-state index contributed by atoms with van der Waals surface area (Å²) in [5.41, 5.74) is 4.71. The number of para-hydroxylation sites is 1. The third kappa shape index (κ3) is 2.75. The molecule has 0 aliphatic rings. The average Bonchev–Trinajstić information content (AvgIpc) is 3.23. The van der Waals surface area contributed by atoms with Crippen molar-refractivity contribution in [1.29, 1.82) is 0 Å². The van der Waals surface area contributed by atoms with Gasteiger partial charge in [0.05, 0.1) is 21.4 Å². The fourth-order valence-corrected chi connectivity index (χ4v) is 4.82. The molecule has 0 amide bonds. The molecule has 142 valence electrons. The zero-order chi connectivity index (χ0) is 20.1. The molecule has 5 heteroatoms. The summed E-state index contributed by atoms with van der Waals surface area (Å²) in [5, 5.41) is 4.40. The van der Waals surface area contributed by atoms with E-state index in [4.69, 9.17) is 15.0 Å². The number of hydrogen-bond donors (Lipinski definition) is 0. The highest BCUT2D eigenvalue weighted by Gasteiger charge is 2.12. The van der Waals surface area contributed by atoms with Crippen LogP contribution in [-0.2, 0) is 0 Å². The molecular formula is C25H16N4S. The second-order valence-electron chi connectivity index (χ2n) is 7.23. The van der Waals surface area contributed by atoms with Crippen LogP contribution in [0.1, 0.15) is 5.69 Å². The fraction of sp³-hybridized carbons (Fsp3) is 0.0400. The summed E-state index contributed by atoms with van der Waals surface area (Å²) in [6.07, 6.45) is 1.81. The Kier molecular flexibility index (Phi) is 3.82. The molecule has 0 aliphatic heterocycles. The SMILES string of the molecule is Cc1nc(-c2ccnc(-c3nc4ccccc4s3)c2)nc2ccc3ccccc3c12. The number of nitrogens with zero attached hydrogens (tertiary/aromatic N) is 4. The summed E-state index contributed by atoms with van der Waals surface area (Å²) in [4.78, 5) is 19.0. The topological polar surface area (TPSA) is 51.6 Å². The largest absolute Gasteiger partial charge is 0.254 e. The van der Waals surface area contributed by atoms with Crippen LogP contribution in [0.25, 0.3) is 54.0 Å². The second-order valence-corrected chi connectivity index (χ2v) is 8.26. The van der Waals surface area contributed by atoms with Crippen molar-refractivity contribution in [2.24, 2.45) is 0 Å². The molecule has 0 unspecified atom stereocenters. The number of thiazole rings is 1. The maximum absolute atomic E-state index is 4.88. The second kappa shape index (κ2) is 6.68. The number of pyridine rings is 1. The number of rotatable bonds is 2. The molecule has 0 spiro atoms. The van der Waals surface area contributed by atoms with Crippen LogP contribution < -0.4 is 0 Å². The third-order valence-corrected chi connectivity index (χ3v) is 6.36. The lowest BCUT2D eigenvalue weighted by Crippen LogP contribution is -1.96. The summed E-state index contributed by atoms with van der Waals surface area (Å²) in [6, 6.07) is 24.7. The predicted molar refractivity (Wildman–Crippen MR) is 124 cm³/mol. The summed E-state index contributed by atoms with van der Waals surface area (Å²) >= 11 is 1.65. The average molecular weight is 404 g/mol. The molecule has 0 atom stereocenters. The van der Waals surface area contributed by atoms with Crippen molar-refractivity contribution in [3.63, 3.8) is 0 Å². The number of fused-ring (bicyclic) bond motifs is 4. The van der Waals surface area contributed by atoms with Crippen LogP contribution in [0.5, 0.6) is 0 Å². The van der Waals surface area contributed by atoms with Gasteiger partial charge < -0.3 is 0 Å². The van der Waals surface area contributed by atoms with Crippen LogP contribution in [0, 0.1) is 6.92 Å². The van der Waals surface area contributed by atoms with E-state index in [0.29, 0.717) is 5.82 Å². The van der Waals surface area contributed by atoms with Gasteiger partial charge in [-0.25, -0.2) is 15.0 Å². The van der Waals surface area contributed by atoms with Gasteiger partial charge in [0, 0.05) is 22.8 Å². The molecule has 3 heterocycles. The van der Waals surface area contributed by atoms with Crippen LogP contribution in [0.3, 0.4) is 0 Å². The minimum Gasteiger partial charge on any atom is -0.254 e. The van der Waals surface area contributed by atoms with Crippen LogP contribution in [-0.4, -0.2) is 19.9 Å². The Morgan fingerprint density at radius 2 is 1.63 bits per heavy atom. The lowest BCUT2D eigenvalue weighted by Gasteiger charge is -2.09. The summed E-state index contributed by atoms with van der Waals surface area (Å²) in [5.74, 6) is 0.708. The van der Waals surface area contributed by atoms with E-state index in [1.54, 1.807) is 17.5 Å². The van der Waals surface area contributed by atoms with Crippen LogP contribution in [0.4, 0.5) is 0 Å². The van der Waals surface area contributed by atoms with E-state index in [-0.39, 0.29) is 0 Å². The van der Waals surface area contributed by atoms with Gasteiger partial charge in [-0.1, -0.05) is 42.5 Å². The van der Waals surface area contributed by atoms with Gasteiger partial charge in [-0.2, -0.15) is 0 Å². The molecule has 6 rings (SSSR count). The molecule has 0 N–H and O–H groups in total. The molecule has 0 radical (unpaired) electrons. The zero-order valence-electron chi connectivity index (χ0n) is 16.2. The Bertz CT molecular complexity index is 1540. The summed E-state index contributed by atoms with van der Waals surface area (Å²) < 4.78 is 1.16. The first-order chi connectivity index (χ1) is 14.8. The van der Waals surface area contributed by atoms with Crippen molar-refractivity contribution < 1.29 is 0 Å². The molecule has 3 aromatic heterocycles. The Hall–Kier alpha value is -3.70. The van der Waals surface area contributed by atoms with Gasteiger partial charge in [-0.15, -0.1) is 11.3 Å². The number of benzene rings is 3. The summed E-state index contributed by atoms with van der Waals surface area (Å²) in [7, 11) is 0. The Morgan fingerprint density at radius 1 is 0.767 bits per heavy atom. The molecule has 0 saturated carbocycles. The predicted octanol–water partition coefficient (Wildman–Crippen LogP) is 6.43. The third-order valence-electron chi connectivity index (χ3n) is 5.30. The van der Waals surface area contributed by atoms with E-state index in [1.807, 2.05) is 30.3 Å². The Balaban J connectivity index is 1.50. The molecule has 0 saturated heterocycles. The Morgan fingerprint density at radius 3 is 2.57 bits per heavy atom. The first kappa shape index (κ1) is 17.2. The lowest BCUT2D eigenvalue weighted by molar-refractivity contribution is 1.16. The summed E-state index contributed by atoms with van der Waals surface area (Å²) in [6.45, 7) is 2.05. The van der Waals surface area contributed by atoms with Gasteiger partial charge in [0.15, 0.2) is 5.82 Å². The normalized spacial score (nSPS) is 11.5. The van der Waals surface area contributed by atoms with E-state index in [1.165, 1.54) is 10.8 Å². The molecule has 0 fully saturated rings. The van der Waals surface area contributed by atoms with E-state index < -0.39 is 0 Å². The lowest BCUT2D eigenvalue weighted by atomic mass is 10.0. The fourth-order valence-electron chi connectivity index (χ4n) is 3.88. The zero-order valence-corrected chi connectivity index (χ0v) is 17.0. The highest BCUT2D eigenvalue weighted by Crippen LogP contribution is 2.32. The van der Waals surface area contributed by atoms with Crippen molar-refractivity contribution in [2.45, 2.75) is 6.92 Å². The quantitative estimate of drug-likeness (QED) is 0.312. The number of aryl methyl sites for hydroxylation is 1. The van der Waals surface area contributed by atoms with Crippen molar-refractivity contribution in [1.82, 2.24) is 19.9 Å². The highest BCUT2D eigenvalue weighted by atomic mass is 32.1. The molecule has 30 heavy (non-hydrogen) atoms.